The molecule has 0 saturated carbocycles. The molecule has 26 heavy (non-hydrogen) atoms. The Morgan fingerprint density at radius 3 is 2.50 bits per heavy atom. The Bertz CT molecular complexity index is 536. The molecule has 1 atom stereocenters. The van der Waals surface area contributed by atoms with Crippen LogP contribution >= 0.6 is 0 Å². The minimum Gasteiger partial charge on any atom is -0.444 e. The molecule has 4 nitrogen and oxygen atoms in total. The van der Waals surface area contributed by atoms with E-state index in [9.17, 15) is 9.18 Å². The predicted molar refractivity (Wildman–Crippen MR) is 101 cm³/mol. The van der Waals surface area contributed by atoms with Crippen LogP contribution in [0.5, 0.6) is 0 Å². The van der Waals surface area contributed by atoms with Crippen molar-refractivity contribution in [3.63, 3.8) is 0 Å². The Hall–Kier alpha value is -1.62. The number of hydrogen-bond donors (Lipinski definition) is 0. The Kier molecular flexibility index (Phi) is 7.88. The molecule has 1 aromatic rings. The number of likely N-dealkylation sites (tertiary alicyclic amines) is 1. The van der Waals surface area contributed by atoms with Gasteiger partial charge in [-0.3, -0.25) is 0 Å². The molecule has 1 fully saturated rings. The van der Waals surface area contributed by atoms with Crippen molar-refractivity contribution in [2.24, 2.45) is 5.92 Å². The second-order valence-corrected chi connectivity index (χ2v) is 8.00. The van der Waals surface area contributed by atoms with Gasteiger partial charge < -0.3 is 14.4 Å². The molecule has 0 radical (unpaired) electrons. The summed E-state index contributed by atoms with van der Waals surface area (Å²) in [4.78, 5) is 13.7. The van der Waals surface area contributed by atoms with Gasteiger partial charge in [-0.05, 0) is 57.9 Å². The smallest absolute Gasteiger partial charge is 0.410 e. The molecule has 1 amide bonds. The zero-order valence-electron chi connectivity index (χ0n) is 16.2. The van der Waals surface area contributed by atoms with Gasteiger partial charge in [-0.25, -0.2) is 9.18 Å². The van der Waals surface area contributed by atoms with E-state index < -0.39 is 11.8 Å². The maximum atomic E-state index is 14.4. The molecular weight excluding hydrogens is 333 g/mol. The van der Waals surface area contributed by atoms with Crippen LogP contribution in [0.4, 0.5) is 9.18 Å². The monoisotopic (exact) mass is 365 g/mol. The minimum atomic E-state index is -0.823. The highest BCUT2D eigenvalue weighted by Crippen LogP contribution is 2.26. The molecule has 1 unspecified atom stereocenters. The highest BCUT2D eigenvalue weighted by molar-refractivity contribution is 5.68. The lowest BCUT2D eigenvalue weighted by molar-refractivity contribution is 0.0136. The number of ether oxygens (including phenoxy) is 2. The van der Waals surface area contributed by atoms with Crippen molar-refractivity contribution in [2.45, 2.75) is 64.8 Å². The van der Waals surface area contributed by atoms with Crippen LogP contribution in [0, 0.1) is 5.92 Å². The van der Waals surface area contributed by atoms with Gasteiger partial charge in [0.15, 0.2) is 0 Å². The van der Waals surface area contributed by atoms with Crippen LogP contribution in [0.1, 0.15) is 52.0 Å². The number of carbonyl (C=O) groups excluding carboxylic acids is 1. The number of nitrogens with zero attached hydrogens (tertiary/aromatic N) is 1. The summed E-state index contributed by atoms with van der Waals surface area (Å²) in [5.74, 6) is 0.0304. The Morgan fingerprint density at radius 2 is 1.88 bits per heavy atom. The van der Waals surface area contributed by atoms with Crippen LogP contribution in [0.3, 0.4) is 0 Å². The fraction of sp³-hybridized carbons (Fsp3) is 0.667. The molecule has 1 aliphatic rings. The molecule has 5 heteroatoms. The van der Waals surface area contributed by atoms with Gasteiger partial charge in [-0.1, -0.05) is 30.3 Å². The van der Waals surface area contributed by atoms with Crippen LogP contribution in [-0.2, 0) is 16.1 Å². The lowest BCUT2D eigenvalue weighted by Gasteiger charge is -2.34. The Morgan fingerprint density at radius 1 is 1.23 bits per heavy atom. The fourth-order valence-corrected chi connectivity index (χ4v) is 3.15. The van der Waals surface area contributed by atoms with Gasteiger partial charge in [-0.2, -0.15) is 0 Å². The summed E-state index contributed by atoms with van der Waals surface area (Å²) < 4.78 is 25.4. The summed E-state index contributed by atoms with van der Waals surface area (Å²) in [5.41, 5.74) is 0.648. The number of halogens is 1. The summed E-state index contributed by atoms with van der Waals surface area (Å²) >= 11 is 0. The topological polar surface area (TPSA) is 38.8 Å². The number of rotatable bonds is 7. The molecule has 0 spiro atoms. The van der Waals surface area contributed by atoms with E-state index in [1.807, 2.05) is 51.1 Å². The average molecular weight is 365 g/mol. The number of amides is 1. The Labute approximate surface area is 156 Å². The first-order valence-electron chi connectivity index (χ1n) is 9.59. The number of alkyl halides is 1. The number of carbonyl (C=O) groups is 1. The maximum absolute atomic E-state index is 14.4. The fourth-order valence-electron chi connectivity index (χ4n) is 3.15. The first-order valence-corrected chi connectivity index (χ1v) is 9.59. The molecule has 1 heterocycles. The Balaban J connectivity index is 1.59. The second kappa shape index (κ2) is 9.91. The van der Waals surface area contributed by atoms with Crippen LogP contribution in [0.15, 0.2) is 30.3 Å². The highest BCUT2D eigenvalue weighted by atomic mass is 19.1. The van der Waals surface area contributed by atoms with Crippen molar-refractivity contribution in [1.29, 1.82) is 0 Å². The zero-order chi connectivity index (χ0) is 19.0. The van der Waals surface area contributed by atoms with Crippen LogP contribution in [0.25, 0.3) is 0 Å². The molecular formula is C21H32FNO3. The second-order valence-electron chi connectivity index (χ2n) is 8.00. The molecule has 0 aliphatic carbocycles. The molecule has 0 N–H and O–H groups in total. The van der Waals surface area contributed by atoms with Gasteiger partial charge in [0.1, 0.15) is 11.8 Å². The van der Waals surface area contributed by atoms with E-state index in [4.69, 9.17) is 9.47 Å². The summed E-state index contributed by atoms with van der Waals surface area (Å²) in [6.07, 6.45) is 1.53. The summed E-state index contributed by atoms with van der Waals surface area (Å²) in [6, 6.07) is 10.00. The van der Waals surface area contributed by atoms with Crippen molar-refractivity contribution in [1.82, 2.24) is 4.90 Å². The zero-order valence-corrected chi connectivity index (χ0v) is 16.2. The van der Waals surface area contributed by atoms with E-state index in [-0.39, 0.29) is 12.0 Å². The SMILES string of the molecule is CC(C)(C)OC(=O)N1CCC(C(F)CCCOCc2ccccc2)CC1. The van der Waals surface area contributed by atoms with Crippen molar-refractivity contribution < 1.29 is 18.7 Å². The van der Waals surface area contributed by atoms with E-state index >= 15 is 0 Å². The van der Waals surface area contributed by atoms with Crippen LogP contribution in [0.2, 0.25) is 0 Å². The van der Waals surface area contributed by atoms with E-state index in [0.717, 1.165) is 12.0 Å². The van der Waals surface area contributed by atoms with Crippen LogP contribution in [-0.4, -0.2) is 42.5 Å². The van der Waals surface area contributed by atoms with Gasteiger partial charge in [-0.15, -0.1) is 0 Å². The third-order valence-electron chi connectivity index (χ3n) is 4.58. The third kappa shape index (κ3) is 7.32. The number of hydrogen-bond acceptors (Lipinski definition) is 3. The minimum absolute atomic E-state index is 0.0304. The maximum Gasteiger partial charge on any atom is 0.410 e. The lowest BCUT2D eigenvalue weighted by atomic mass is 9.90. The predicted octanol–water partition coefficient (Wildman–Crippen LogP) is 4.97. The van der Waals surface area contributed by atoms with Crippen molar-refractivity contribution in [2.75, 3.05) is 19.7 Å². The highest BCUT2D eigenvalue weighted by Gasteiger charge is 2.30. The van der Waals surface area contributed by atoms with Crippen molar-refractivity contribution >= 4 is 6.09 Å². The standard InChI is InChI=1S/C21H32FNO3/c1-21(2,3)26-20(24)23-13-11-18(12-14-23)19(22)10-7-15-25-16-17-8-5-4-6-9-17/h4-6,8-9,18-19H,7,10-16H2,1-3H3. The van der Waals surface area contributed by atoms with E-state index in [0.29, 0.717) is 45.6 Å². The molecule has 0 bridgehead atoms. The average Bonchev–Trinajstić information content (AvgIpc) is 2.61. The lowest BCUT2D eigenvalue weighted by Crippen LogP contribution is -2.43. The van der Waals surface area contributed by atoms with Gasteiger partial charge in [0.05, 0.1) is 6.61 Å². The van der Waals surface area contributed by atoms with Gasteiger partial charge in [0.2, 0.25) is 0 Å². The summed E-state index contributed by atoms with van der Waals surface area (Å²) in [5, 5.41) is 0. The van der Waals surface area contributed by atoms with Gasteiger partial charge in [0.25, 0.3) is 0 Å². The normalized spacial score (nSPS) is 17.2. The van der Waals surface area contributed by atoms with Crippen LogP contribution < -0.4 is 0 Å². The van der Waals surface area contributed by atoms with Crippen molar-refractivity contribution in [3.05, 3.63) is 35.9 Å². The molecule has 2 rings (SSSR count). The van der Waals surface area contributed by atoms with E-state index in [1.165, 1.54) is 0 Å². The van der Waals surface area contributed by atoms with Gasteiger partial charge in [0, 0.05) is 19.7 Å². The third-order valence-corrected chi connectivity index (χ3v) is 4.58. The first kappa shape index (κ1) is 20.7. The first-order chi connectivity index (χ1) is 12.3. The molecule has 146 valence electrons. The van der Waals surface area contributed by atoms with Gasteiger partial charge >= 0.3 is 6.09 Å². The summed E-state index contributed by atoms with van der Waals surface area (Å²) in [6.45, 7) is 7.87. The van der Waals surface area contributed by atoms with Crippen molar-refractivity contribution in [3.8, 4) is 0 Å². The molecule has 0 aromatic heterocycles. The van der Waals surface area contributed by atoms with E-state index in [2.05, 4.69) is 0 Å². The number of benzene rings is 1. The quantitative estimate of drug-likeness (QED) is 0.641. The molecule has 1 aromatic carbocycles. The largest absolute Gasteiger partial charge is 0.444 e. The molecule has 1 saturated heterocycles. The van der Waals surface area contributed by atoms with E-state index in [1.54, 1.807) is 4.90 Å². The molecule has 1 aliphatic heterocycles. The number of piperidine rings is 1. The summed E-state index contributed by atoms with van der Waals surface area (Å²) in [7, 11) is 0.